The third-order valence-electron chi connectivity index (χ3n) is 5.40. The summed E-state index contributed by atoms with van der Waals surface area (Å²) in [6.45, 7) is 5.74. The van der Waals surface area contributed by atoms with Crippen molar-refractivity contribution in [1.82, 2.24) is 0 Å². The van der Waals surface area contributed by atoms with Crippen molar-refractivity contribution in [3.8, 4) is 0 Å². The van der Waals surface area contributed by atoms with Crippen molar-refractivity contribution in [3.63, 3.8) is 0 Å². The van der Waals surface area contributed by atoms with Crippen molar-refractivity contribution in [3.05, 3.63) is 70.4 Å². The number of Topliss-reactive ketones (excluding diaryl/α,β-unsaturated/α-hetero) is 1. The van der Waals surface area contributed by atoms with Crippen LogP contribution in [0, 0.1) is 5.41 Å². The number of amides is 1. The standard InChI is InChI=1S/C23H23ClN2O2/c1-14(27)26-19-10-5-4-9-17(19)25-18-12-23(2,3)13-20(28)21(18)22(26)15-7-6-8-16(24)11-15/h4-11,22,25H,12-13H2,1-3H3/t22-/m1/s1. The minimum Gasteiger partial charge on any atom is -0.357 e. The molecule has 4 rings (SSSR count). The molecule has 1 aliphatic heterocycles. The summed E-state index contributed by atoms with van der Waals surface area (Å²) in [5.41, 5.74) is 3.85. The predicted molar refractivity (Wildman–Crippen MR) is 112 cm³/mol. The number of anilines is 2. The second-order valence-electron chi connectivity index (χ2n) is 8.32. The van der Waals surface area contributed by atoms with Gasteiger partial charge in [0.1, 0.15) is 0 Å². The lowest BCUT2D eigenvalue weighted by atomic mass is 9.73. The summed E-state index contributed by atoms with van der Waals surface area (Å²) in [7, 11) is 0. The Labute approximate surface area is 170 Å². The number of halogens is 1. The fraction of sp³-hybridized carbons (Fsp3) is 0.304. The zero-order valence-electron chi connectivity index (χ0n) is 16.3. The number of hydrogen-bond donors (Lipinski definition) is 1. The molecule has 28 heavy (non-hydrogen) atoms. The first-order valence-corrected chi connectivity index (χ1v) is 9.82. The van der Waals surface area contributed by atoms with Crippen LogP contribution in [0.2, 0.25) is 5.02 Å². The van der Waals surface area contributed by atoms with Gasteiger partial charge in [-0.05, 0) is 41.7 Å². The van der Waals surface area contributed by atoms with Crippen LogP contribution < -0.4 is 10.2 Å². The molecule has 0 unspecified atom stereocenters. The second-order valence-corrected chi connectivity index (χ2v) is 8.76. The minimum atomic E-state index is -0.508. The normalized spacial score (nSPS) is 20.8. The summed E-state index contributed by atoms with van der Waals surface area (Å²) in [5, 5.41) is 4.06. The van der Waals surface area contributed by atoms with Gasteiger partial charge < -0.3 is 5.32 Å². The van der Waals surface area contributed by atoms with Gasteiger partial charge in [-0.2, -0.15) is 0 Å². The van der Waals surface area contributed by atoms with Gasteiger partial charge in [0.15, 0.2) is 5.78 Å². The van der Waals surface area contributed by atoms with E-state index >= 15 is 0 Å². The van der Waals surface area contributed by atoms with Gasteiger partial charge in [-0.15, -0.1) is 0 Å². The molecule has 1 amide bonds. The number of fused-ring (bicyclic) bond motifs is 1. The van der Waals surface area contributed by atoms with Crippen LogP contribution in [0.25, 0.3) is 0 Å². The molecule has 0 aromatic heterocycles. The van der Waals surface area contributed by atoms with E-state index in [1.165, 1.54) is 6.92 Å². The van der Waals surface area contributed by atoms with Crippen molar-refractivity contribution in [1.29, 1.82) is 0 Å². The maximum absolute atomic E-state index is 13.3. The number of allylic oxidation sites excluding steroid dienone is 1. The lowest BCUT2D eigenvalue weighted by Crippen LogP contribution is -2.38. The summed E-state index contributed by atoms with van der Waals surface area (Å²) < 4.78 is 0. The van der Waals surface area contributed by atoms with Crippen LogP contribution in [0.1, 0.15) is 45.2 Å². The highest BCUT2D eigenvalue weighted by Crippen LogP contribution is 2.48. The average Bonchev–Trinajstić information content (AvgIpc) is 2.74. The monoisotopic (exact) mass is 394 g/mol. The molecule has 0 fully saturated rings. The molecule has 2 aliphatic rings. The van der Waals surface area contributed by atoms with E-state index in [1.807, 2.05) is 42.5 Å². The van der Waals surface area contributed by atoms with Crippen LogP contribution >= 0.6 is 11.6 Å². The lowest BCUT2D eigenvalue weighted by Gasteiger charge is -2.36. The Morgan fingerprint density at radius 3 is 2.61 bits per heavy atom. The van der Waals surface area contributed by atoms with Gasteiger partial charge in [-0.25, -0.2) is 0 Å². The number of nitrogens with zero attached hydrogens (tertiary/aromatic N) is 1. The Kier molecular flexibility index (Phi) is 4.54. The summed E-state index contributed by atoms with van der Waals surface area (Å²) in [6.07, 6.45) is 1.19. The zero-order chi connectivity index (χ0) is 20.1. The van der Waals surface area contributed by atoms with E-state index in [-0.39, 0.29) is 17.1 Å². The highest BCUT2D eigenvalue weighted by molar-refractivity contribution is 6.30. The van der Waals surface area contributed by atoms with Gasteiger partial charge in [0.05, 0.1) is 17.4 Å². The molecule has 4 nitrogen and oxygen atoms in total. The molecular formula is C23H23ClN2O2. The first-order chi connectivity index (χ1) is 13.3. The second kappa shape index (κ2) is 6.78. The molecule has 1 atom stereocenters. The number of ketones is 1. The Morgan fingerprint density at radius 1 is 1.14 bits per heavy atom. The molecular weight excluding hydrogens is 372 g/mol. The van der Waals surface area contributed by atoms with Gasteiger partial charge >= 0.3 is 0 Å². The Bertz CT molecular complexity index is 1010. The number of hydrogen-bond acceptors (Lipinski definition) is 3. The predicted octanol–water partition coefficient (Wildman–Crippen LogP) is 5.50. The van der Waals surface area contributed by atoms with Crippen LogP contribution in [0.4, 0.5) is 11.4 Å². The maximum atomic E-state index is 13.3. The number of rotatable bonds is 1. The van der Waals surface area contributed by atoms with Crippen LogP contribution in [0.3, 0.4) is 0 Å². The molecule has 1 N–H and O–H groups in total. The topological polar surface area (TPSA) is 49.4 Å². The summed E-state index contributed by atoms with van der Waals surface area (Å²) in [5.74, 6) is -0.0478. The highest BCUT2D eigenvalue weighted by Gasteiger charge is 2.42. The number of benzene rings is 2. The van der Waals surface area contributed by atoms with Crippen molar-refractivity contribution in [2.24, 2.45) is 5.41 Å². The molecule has 0 spiro atoms. The van der Waals surface area contributed by atoms with Crippen LogP contribution in [-0.2, 0) is 9.59 Å². The summed E-state index contributed by atoms with van der Waals surface area (Å²) >= 11 is 6.27. The third-order valence-corrected chi connectivity index (χ3v) is 5.64. The van der Waals surface area contributed by atoms with Crippen LogP contribution in [0.15, 0.2) is 59.8 Å². The van der Waals surface area contributed by atoms with Gasteiger partial charge in [-0.3, -0.25) is 14.5 Å². The van der Waals surface area contributed by atoms with Gasteiger partial charge in [0, 0.05) is 29.6 Å². The van der Waals surface area contributed by atoms with E-state index in [1.54, 1.807) is 11.0 Å². The summed E-state index contributed by atoms with van der Waals surface area (Å²) in [4.78, 5) is 27.9. The van der Waals surface area contributed by atoms with Gasteiger partial charge in [0.25, 0.3) is 0 Å². The zero-order valence-corrected chi connectivity index (χ0v) is 17.0. The first kappa shape index (κ1) is 18.8. The summed E-state index contributed by atoms with van der Waals surface area (Å²) in [6, 6.07) is 14.6. The smallest absolute Gasteiger partial charge is 0.224 e. The van der Waals surface area contributed by atoms with Crippen molar-refractivity contribution < 1.29 is 9.59 Å². The van der Waals surface area contributed by atoms with Gasteiger partial charge in [-0.1, -0.05) is 49.7 Å². The molecule has 5 heteroatoms. The third kappa shape index (κ3) is 3.22. The van der Waals surface area contributed by atoms with Gasteiger partial charge in [0.2, 0.25) is 5.91 Å². The Hall–Kier alpha value is -2.59. The van der Waals surface area contributed by atoms with Crippen molar-refractivity contribution >= 4 is 34.7 Å². The molecule has 0 radical (unpaired) electrons. The van der Waals surface area contributed by atoms with E-state index < -0.39 is 6.04 Å². The maximum Gasteiger partial charge on any atom is 0.224 e. The molecule has 0 bridgehead atoms. The van der Waals surface area contributed by atoms with E-state index in [2.05, 4.69) is 19.2 Å². The Balaban J connectivity index is 2.02. The highest BCUT2D eigenvalue weighted by atomic mass is 35.5. The molecule has 1 aliphatic carbocycles. The minimum absolute atomic E-state index is 0.0720. The van der Waals surface area contributed by atoms with Crippen molar-refractivity contribution in [2.75, 3.05) is 10.2 Å². The Morgan fingerprint density at radius 2 is 1.89 bits per heavy atom. The lowest BCUT2D eigenvalue weighted by molar-refractivity contribution is -0.118. The molecule has 0 saturated heterocycles. The van der Waals surface area contributed by atoms with Crippen molar-refractivity contribution in [2.45, 2.75) is 39.7 Å². The molecule has 2 aromatic carbocycles. The first-order valence-electron chi connectivity index (χ1n) is 9.44. The fourth-order valence-corrected chi connectivity index (χ4v) is 4.53. The SMILES string of the molecule is CC(=O)N1c2ccccc2NC2=C(C(=O)CC(C)(C)C2)[C@H]1c1cccc(Cl)c1. The fourth-order valence-electron chi connectivity index (χ4n) is 4.33. The average molecular weight is 395 g/mol. The number of carbonyl (C=O) groups is 2. The largest absolute Gasteiger partial charge is 0.357 e. The van der Waals surface area contributed by atoms with Crippen LogP contribution in [-0.4, -0.2) is 11.7 Å². The molecule has 144 valence electrons. The molecule has 1 heterocycles. The quantitative estimate of drug-likeness (QED) is 0.694. The molecule has 0 saturated carbocycles. The number of para-hydroxylation sites is 2. The van der Waals surface area contributed by atoms with Crippen LogP contribution in [0.5, 0.6) is 0 Å². The van der Waals surface area contributed by atoms with E-state index in [0.29, 0.717) is 17.0 Å². The number of carbonyl (C=O) groups excluding carboxylic acids is 2. The molecule has 2 aromatic rings. The van der Waals surface area contributed by atoms with E-state index in [4.69, 9.17) is 11.6 Å². The van der Waals surface area contributed by atoms with E-state index in [0.717, 1.165) is 29.1 Å². The van der Waals surface area contributed by atoms with E-state index in [9.17, 15) is 9.59 Å². The number of nitrogens with one attached hydrogen (secondary N) is 1.